The first kappa shape index (κ1) is 16.6. The number of nitrogens with one attached hydrogen (secondary N) is 1. The zero-order valence-corrected chi connectivity index (χ0v) is 12.7. The largest absolute Gasteiger partial charge is 0.385 e. The van der Waals surface area contributed by atoms with E-state index in [2.05, 4.69) is 5.32 Å². The lowest BCUT2D eigenvalue weighted by molar-refractivity contribution is -0.147. The van der Waals surface area contributed by atoms with Gasteiger partial charge in [-0.2, -0.15) is 0 Å². The van der Waals surface area contributed by atoms with Crippen molar-refractivity contribution in [3.63, 3.8) is 0 Å². The minimum atomic E-state index is -0.662. The summed E-state index contributed by atoms with van der Waals surface area (Å²) in [6.07, 6.45) is 0.776. The van der Waals surface area contributed by atoms with Gasteiger partial charge in [-0.3, -0.25) is 34.3 Å². The van der Waals surface area contributed by atoms with Crippen LogP contribution >= 0.6 is 0 Å². The van der Waals surface area contributed by atoms with Crippen LogP contribution in [-0.2, 0) is 23.9 Å². The van der Waals surface area contributed by atoms with Gasteiger partial charge in [0, 0.05) is 39.4 Å². The first-order chi connectivity index (χ1) is 10.5. The van der Waals surface area contributed by atoms with Crippen LogP contribution < -0.4 is 5.32 Å². The topological polar surface area (TPSA) is 96.0 Å². The summed E-state index contributed by atoms with van der Waals surface area (Å²) >= 11 is 0. The molecular weight excluding hydrogens is 290 g/mol. The highest BCUT2D eigenvalue weighted by molar-refractivity contribution is 6.03. The van der Waals surface area contributed by atoms with Gasteiger partial charge >= 0.3 is 0 Å². The summed E-state index contributed by atoms with van der Waals surface area (Å²) in [5.74, 6) is -1.05. The SMILES string of the molecule is COCCCNC(CN1C(=O)CCC1=O)N1C(=O)CCC1=O. The lowest BCUT2D eigenvalue weighted by Crippen LogP contribution is -2.55. The van der Waals surface area contributed by atoms with E-state index in [4.69, 9.17) is 4.74 Å². The summed E-state index contributed by atoms with van der Waals surface area (Å²) in [6.45, 7) is 1.08. The summed E-state index contributed by atoms with van der Waals surface area (Å²) in [6, 6.07) is 0. The van der Waals surface area contributed by atoms with Crippen LogP contribution in [0.1, 0.15) is 32.1 Å². The first-order valence-corrected chi connectivity index (χ1v) is 7.45. The second-order valence-electron chi connectivity index (χ2n) is 5.37. The van der Waals surface area contributed by atoms with Gasteiger partial charge in [-0.25, -0.2) is 0 Å². The molecule has 0 aliphatic carbocycles. The van der Waals surface area contributed by atoms with Crippen LogP contribution in [0.25, 0.3) is 0 Å². The minimum Gasteiger partial charge on any atom is -0.385 e. The Morgan fingerprint density at radius 2 is 1.55 bits per heavy atom. The molecule has 2 aliphatic rings. The monoisotopic (exact) mass is 311 g/mol. The number of hydrogen-bond acceptors (Lipinski definition) is 6. The van der Waals surface area contributed by atoms with Gasteiger partial charge in [-0.05, 0) is 13.0 Å². The number of ether oxygens (including phenoxy) is 1. The lowest BCUT2D eigenvalue weighted by atomic mass is 10.3. The molecule has 0 aromatic rings. The molecule has 8 nitrogen and oxygen atoms in total. The molecule has 0 spiro atoms. The van der Waals surface area contributed by atoms with E-state index in [0.29, 0.717) is 19.6 Å². The molecule has 2 heterocycles. The van der Waals surface area contributed by atoms with Gasteiger partial charge in [0.25, 0.3) is 0 Å². The summed E-state index contributed by atoms with van der Waals surface area (Å²) in [5, 5.41) is 3.08. The Kier molecular flexibility index (Phi) is 5.62. The second kappa shape index (κ2) is 7.46. The van der Waals surface area contributed by atoms with E-state index in [1.165, 1.54) is 0 Å². The molecule has 4 amide bonds. The molecule has 22 heavy (non-hydrogen) atoms. The molecule has 2 aliphatic heterocycles. The molecule has 2 saturated heterocycles. The summed E-state index contributed by atoms with van der Waals surface area (Å²) < 4.78 is 4.95. The second-order valence-corrected chi connectivity index (χ2v) is 5.37. The number of nitrogens with zero attached hydrogens (tertiary/aromatic N) is 2. The molecule has 1 unspecified atom stereocenters. The maximum absolute atomic E-state index is 11.9. The van der Waals surface area contributed by atoms with Gasteiger partial charge in [0.15, 0.2) is 0 Å². The van der Waals surface area contributed by atoms with E-state index < -0.39 is 6.17 Å². The van der Waals surface area contributed by atoms with E-state index in [0.717, 1.165) is 9.80 Å². The van der Waals surface area contributed by atoms with Crippen LogP contribution in [0.15, 0.2) is 0 Å². The van der Waals surface area contributed by atoms with Crippen LogP contribution in [-0.4, -0.2) is 66.4 Å². The molecule has 2 fully saturated rings. The number of methoxy groups -OCH3 is 1. The standard InChI is InChI=1S/C14H21N3O5/c1-22-8-2-7-15-10(17-13(20)5-6-14(17)21)9-16-11(18)3-4-12(16)19/h10,15H,2-9H2,1H3. The van der Waals surface area contributed by atoms with E-state index in [1.807, 2.05) is 0 Å². The van der Waals surface area contributed by atoms with Crippen molar-refractivity contribution in [2.45, 2.75) is 38.3 Å². The minimum absolute atomic E-state index is 0.0160. The third-order valence-corrected chi connectivity index (χ3v) is 3.82. The highest BCUT2D eigenvalue weighted by atomic mass is 16.5. The molecule has 8 heteroatoms. The van der Waals surface area contributed by atoms with Gasteiger partial charge in [-0.15, -0.1) is 0 Å². The third kappa shape index (κ3) is 3.69. The Labute approximate surface area is 128 Å². The first-order valence-electron chi connectivity index (χ1n) is 7.45. The molecule has 1 atom stereocenters. The molecule has 0 radical (unpaired) electrons. The third-order valence-electron chi connectivity index (χ3n) is 3.82. The molecule has 0 saturated carbocycles. The maximum atomic E-state index is 11.9. The average molecular weight is 311 g/mol. The number of rotatable bonds is 8. The van der Waals surface area contributed by atoms with Gasteiger partial charge in [0.05, 0.1) is 6.54 Å². The quantitative estimate of drug-likeness (QED) is 0.467. The summed E-state index contributed by atoms with van der Waals surface area (Å²) in [5.41, 5.74) is 0. The van der Waals surface area contributed by atoms with Crippen LogP contribution in [0.2, 0.25) is 0 Å². The van der Waals surface area contributed by atoms with Crippen molar-refractivity contribution >= 4 is 23.6 Å². The molecule has 0 aromatic carbocycles. The van der Waals surface area contributed by atoms with Crippen molar-refractivity contribution < 1.29 is 23.9 Å². The smallest absolute Gasteiger partial charge is 0.231 e. The van der Waals surface area contributed by atoms with E-state index in [-0.39, 0.29) is 55.9 Å². The van der Waals surface area contributed by atoms with Gasteiger partial charge < -0.3 is 4.74 Å². The number of hydrogen-bond donors (Lipinski definition) is 1. The van der Waals surface area contributed by atoms with Crippen molar-refractivity contribution in [1.82, 2.24) is 15.1 Å². The molecule has 2 rings (SSSR count). The average Bonchev–Trinajstić information content (AvgIpc) is 2.98. The van der Waals surface area contributed by atoms with Crippen LogP contribution in [0.3, 0.4) is 0 Å². The normalized spacial score (nSPS) is 20.4. The number of carbonyl (C=O) groups is 4. The number of carbonyl (C=O) groups excluding carboxylic acids is 4. The molecule has 0 bridgehead atoms. The van der Waals surface area contributed by atoms with Crippen LogP contribution in [0, 0.1) is 0 Å². The van der Waals surface area contributed by atoms with Crippen molar-refractivity contribution in [1.29, 1.82) is 0 Å². The predicted molar refractivity (Wildman–Crippen MR) is 75.3 cm³/mol. The lowest BCUT2D eigenvalue weighted by Gasteiger charge is -2.30. The van der Waals surface area contributed by atoms with E-state index in [1.54, 1.807) is 7.11 Å². The number of likely N-dealkylation sites (tertiary alicyclic amines) is 2. The molecule has 122 valence electrons. The van der Waals surface area contributed by atoms with Crippen molar-refractivity contribution in [2.24, 2.45) is 0 Å². The van der Waals surface area contributed by atoms with E-state index >= 15 is 0 Å². The van der Waals surface area contributed by atoms with Crippen LogP contribution in [0.5, 0.6) is 0 Å². The van der Waals surface area contributed by atoms with Gasteiger partial charge in [0.2, 0.25) is 23.6 Å². The Bertz CT molecular complexity index is 447. The Morgan fingerprint density at radius 1 is 1.00 bits per heavy atom. The highest BCUT2D eigenvalue weighted by Gasteiger charge is 2.38. The maximum Gasteiger partial charge on any atom is 0.231 e. The van der Waals surface area contributed by atoms with Crippen molar-refractivity contribution in [3.8, 4) is 0 Å². The Morgan fingerprint density at radius 3 is 2.09 bits per heavy atom. The van der Waals surface area contributed by atoms with Crippen molar-refractivity contribution in [2.75, 3.05) is 26.8 Å². The Balaban J connectivity index is 2.03. The fraction of sp³-hybridized carbons (Fsp3) is 0.714. The van der Waals surface area contributed by atoms with Gasteiger partial charge in [0.1, 0.15) is 6.17 Å². The number of imide groups is 2. The van der Waals surface area contributed by atoms with Crippen molar-refractivity contribution in [3.05, 3.63) is 0 Å². The number of amides is 4. The summed E-state index contributed by atoms with van der Waals surface area (Å²) in [7, 11) is 1.59. The molecule has 1 N–H and O–H groups in total. The molecular formula is C14H21N3O5. The van der Waals surface area contributed by atoms with E-state index in [9.17, 15) is 19.2 Å². The zero-order valence-electron chi connectivity index (χ0n) is 12.7. The Hall–Kier alpha value is -1.80. The zero-order chi connectivity index (χ0) is 16.1. The fourth-order valence-corrected chi connectivity index (χ4v) is 2.66. The van der Waals surface area contributed by atoms with Gasteiger partial charge in [-0.1, -0.05) is 0 Å². The molecule has 0 aromatic heterocycles. The highest BCUT2D eigenvalue weighted by Crippen LogP contribution is 2.18. The fourth-order valence-electron chi connectivity index (χ4n) is 2.66. The summed E-state index contributed by atoms with van der Waals surface area (Å²) in [4.78, 5) is 49.6. The predicted octanol–water partition coefficient (Wildman–Crippen LogP) is -0.763. The van der Waals surface area contributed by atoms with Crippen LogP contribution in [0.4, 0.5) is 0 Å².